The molecule has 2 aromatic carbocycles. The Labute approximate surface area is 145 Å². The van der Waals surface area contributed by atoms with Gasteiger partial charge in [-0.1, -0.05) is 23.8 Å². The third kappa shape index (κ3) is 2.48. The molecule has 1 aliphatic heterocycles. The van der Waals surface area contributed by atoms with Crippen LogP contribution in [0.25, 0.3) is 11.3 Å². The number of anilines is 1. The van der Waals surface area contributed by atoms with Crippen LogP contribution in [0.15, 0.2) is 42.5 Å². The van der Waals surface area contributed by atoms with E-state index in [1.165, 1.54) is 11.1 Å². The second-order valence-corrected chi connectivity index (χ2v) is 6.59. The van der Waals surface area contributed by atoms with Crippen molar-refractivity contribution in [3.8, 4) is 11.3 Å². The number of carboxylic acids is 1. The summed E-state index contributed by atoms with van der Waals surface area (Å²) in [5.41, 5.74) is 7.94. The van der Waals surface area contributed by atoms with Gasteiger partial charge in [0.15, 0.2) is 0 Å². The van der Waals surface area contributed by atoms with Gasteiger partial charge >= 0.3 is 5.97 Å². The van der Waals surface area contributed by atoms with Gasteiger partial charge in [0, 0.05) is 11.3 Å². The zero-order valence-electron chi connectivity index (χ0n) is 14.4. The van der Waals surface area contributed by atoms with Crippen LogP contribution in [0, 0.1) is 20.8 Å². The molecule has 0 bridgehead atoms. The Hall–Kier alpha value is -3.08. The molecule has 0 aliphatic carbocycles. The van der Waals surface area contributed by atoms with Crippen molar-refractivity contribution in [2.75, 3.05) is 5.32 Å². The average molecular weight is 333 g/mol. The summed E-state index contributed by atoms with van der Waals surface area (Å²) in [5.74, 6) is -0.921. The molecule has 4 rings (SSSR count). The van der Waals surface area contributed by atoms with Gasteiger partial charge in [0.25, 0.3) is 0 Å². The zero-order chi connectivity index (χ0) is 17.7. The van der Waals surface area contributed by atoms with Crippen LogP contribution in [0.1, 0.15) is 38.9 Å². The van der Waals surface area contributed by atoms with Crippen LogP contribution in [0.2, 0.25) is 0 Å². The molecule has 5 heteroatoms. The van der Waals surface area contributed by atoms with Crippen LogP contribution in [0.4, 0.5) is 5.69 Å². The first kappa shape index (κ1) is 15.4. The largest absolute Gasteiger partial charge is 0.478 e. The number of hydrogen-bond acceptors (Lipinski definition) is 3. The van der Waals surface area contributed by atoms with Crippen LogP contribution in [0.5, 0.6) is 0 Å². The first-order valence-electron chi connectivity index (χ1n) is 8.21. The molecule has 0 fully saturated rings. The van der Waals surface area contributed by atoms with E-state index in [1.54, 1.807) is 12.1 Å². The molecule has 1 aromatic heterocycles. The summed E-state index contributed by atoms with van der Waals surface area (Å²) in [6.07, 6.45) is -0.166. The number of nitrogens with one attached hydrogen (secondary N) is 1. The van der Waals surface area contributed by atoms with Crippen molar-refractivity contribution in [2.45, 2.75) is 26.9 Å². The molecule has 0 radical (unpaired) electrons. The Morgan fingerprint density at radius 3 is 2.52 bits per heavy atom. The summed E-state index contributed by atoms with van der Waals surface area (Å²) >= 11 is 0. The lowest BCUT2D eigenvalue weighted by Crippen LogP contribution is -2.26. The van der Waals surface area contributed by atoms with Crippen LogP contribution in [-0.4, -0.2) is 20.9 Å². The van der Waals surface area contributed by atoms with Gasteiger partial charge in [-0.15, -0.1) is 0 Å². The number of hydrogen-bond donors (Lipinski definition) is 2. The molecule has 2 N–H and O–H groups in total. The van der Waals surface area contributed by atoms with E-state index < -0.39 is 5.97 Å². The van der Waals surface area contributed by atoms with E-state index in [1.807, 2.05) is 23.7 Å². The van der Waals surface area contributed by atoms with Crippen LogP contribution < -0.4 is 5.32 Å². The summed E-state index contributed by atoms with van der Waals surface area (Å²) in [5, 5.41) is 17.3. The summed E-state index contributed by atoms with van der Waals surface area (Å²) in [6, 6.07) is 13.4. The maximum absolute atomic E-state index is 11.1. The number of aryl methyl sites for hydroxylation is 3. The maximum atomic E-state index is 11.1. The highest BCUT2D eigenvalue weighted by Gasteiger charge is 2.27. The first-order valence-corrected chi connectivity index (χ1v) is 8.21. The summed E-state index contributed by atoms with van der Waals surface area (Å²) in [4.78, 5) is 11.1. The monoisotopic (exact) mass is 333 g/mol. The average Bonchev–Trinajstić information content (AvgIpc) is 2.96. The second-order valence-electron chi connectivity index (χ2n) is 6.59. The van der Waals surface area contributed by atoms with Crippen molar-refractivity contribution in [3.05, 3.63) is 70.4 Å². The molecule has 25 heavy (non-hydrogen) atoms. The van der Waals surface area contributed by atoms with Crippen molar-refractivity contribution in [1.29, 1.82) is 0 Å². The SMILES string of the molecule is Cc1cc(C)c2c(c1)-c1cc(C)nn1[C@H](c1ccc(C(=O)O)cc1)N2. The molecule has 2 heterocycles. The minimum absolute atomic E-state index is 0.166. The molecule has 0 saturated heterocycles. The standard InChI is InChI=1S/C20H19N3O2/c1-11-8-12(2)18-16(9-11)17-10-13(3)22-23(17)19(21-18)14-4-6-15(7-5-14)20(24)25/h4-10,19,21H,1-3H3,(H,24,25)/t19-/m1/s1. The Kier molecular flexibility index (Phi) is 3.39. The number of carbonyl (C=O) groups is 1. The number of aromatic carboxylic acids is 1. The highest BCUT2D eigenvalue weighted by molar-refractivity contribution is 5.87. The highest BCUT2D eigenvalue weighted by Crippen LogP contribution is 2.40. The van der Waals surface area contributed by atoms with Crippen molar-refractivity contribution >= 4 is 11.7 Å². The first-order chi connectivity index (χ1) is 11.9. The fourth-order valence-electron chi connectivity index (χ4n) is 3.51. The van der Waals surface area contributed by atoms with E-state index in [-0.39, 0.29) is 11.7 Å². The van der Waals surface area contributed by atoms with Gasteiger partial charge in [0.1, 0.15) is 6.17 Å². The van der Waals surface area contributed by atoms with Gasteiger partial charge < -0.3 is 10.4 Å². The van der Waals surface area contributed by atoms with E-state index in [0.29, 0.717) is 0 Å². The molecule has 1 atom stereocenters. The fourth-order valence-corrected chi connectivity index (χ4v) is 3.51. The normalized spacial score (nSPS) is 15.2. The number of fused-ring (bicyclic) bond motifs is 3. The molecule has 1 aliphatic rings. The lowest BCUT2D eigenvalue weighted by molar-refractivity contribution is 0.0697. The maximum Gasteiger partial charge on any atom is 0.335 e. The third-order valence-corrected chi connectivity index (χ3v) is 4.61. The Morgan fingerprint density at radius 1 is 1.12 bits per heavy atom. The Balaban J connectivity index is 1.87. The van der Waals surface area contributed by atoms with Crippen LogP contribution in [-0.2, 0) is 0 Å². The minimum atomic E-state index is -0.921. The van der Waals surface area contributed by atoms with Crippen molar-refractivity contribution in [1.82, 2.24) is 9.78 Å². The predicted molar refractivity (Wildman–Crippen MR) is 97.0 cm³/mol. The highest BCUT2D eigenvalue weighted by atomic mass is 16.4. The van der Waals surface area contributed by atoms with E-state index in [9.17, 15) is 4.79 Å². The topological polar surface area (TPSA) is 67.2 Å². The lowest BCUT2D eigenvalue weighted by Gasteiger charge is -2.30. The molecule has 0 unspecified atom stereocenters. The van der Waals surface area contributed by atoms with Crippen molar-refractivity contribution < 1.29 is 9.90 Å². The third-order valence-electron chi connectivity index (χ3n) is 4.61. The van der Waals surface area contributed by atoms with E-state index in [0.717, 1.165) is 28.2 Å². The minimum Gasteiger partial charge on any atom is -0.478 e. The van der Waals surface area contributed by atoms with Gasteiger partial charge in [-0.25, -0.2) is 9.48 Å². The van der Waals surface area contributed by atoms with Gasteiger partial charge in [-0.05, 0) is 56.2 Å². The van der Waals surface area contributed by atoms with Crippen LogP contribution in [0.3, 0.4) is 0 Å². The number of rotatable bonds is 2. The molecular formula is C20H19N3O2. The van der Waals surface area contributed by atoms with E-state index in [4.69, 9.17) is 5.11 Å². The van der Waals surface area contributed by atoms with E-state index >= 15 is 0 Å². The molecule has 0 saturated carbocycles. The lowest BCUT2D eigenvalue weighted by atomic mass is 9.98. The van der Waals surface area contributed by atoms with Crippen molar-refractivity contribution in [2.24, 2.45) is 0 Å². The smallest absolute Gasteiger partial charge is 0.335 e. The number of nitrogens with zero attached hydrogens (tertiary/aromatic N) is 2. The van der Waals surface area contributed by atoms with Crippen molar-refractivity contribution in [3.63, 3.8) is 0 Å². The molecular weight excluding hydrogens is 314 g/mol. The molecule has 5 nitrogen and oxygen atoms in total. The summed E-state index contributed by atoms with van der Waals surface area (Å²) < 4.78 is 1.98. The van der Waals surface area contributed by atoms with E-state index in [2.05, 4.69) is 42.5 Å². The van der Waals surface area contributed by atoms with Gasteiger partial charge in [0.05, 0.1) is 17.0 Å². The van der Waals surface area contributed by atoms with Gasteiger partial charge in [-0.2, -0.15) is 5.10 Å². The summed E-state index contributed by atoms with van der Waals surface area (Å²) in [7, 11) is 0. The van der Waals surface area contributed by atoms with Crippen LogP contribution >= 0.6 is 0 Å². The summed E-state index contributed by atoms with van der Waals surface area (Å²) in [6.45, 7) is 6.18. The number of carboxylic acid groups (broad SMARTS) is 1. The quantitative estimate of drug-likeness (QED) is 0.739. The number of aromatic nitrogens is 2. The predicted octanol–water partition coefficient (Wildman–Crippen LogP) is 4.15. The fraction of sp³-hybridized carbons (Fsp3) is 0.200. The Morgan fingerprint density at radius 2 is 1.84 bits per heavy atom. The van der Waals surface area contributed by atoms with Gasteiger partial charge in [0.2, 0.25) is 0 Å². The molecule has 3 aromatic rings. The zero-order valence-corrected chi connectivity index (χ0v) is 14.4. The van der Waals surface area contributed by atoms with Gasteiger partial charge in [-0.3, -0.25) is 0 Å². The molecule has 126 valence electrons. The molecule has 0 amide bonds. The Bertz CT molecular complexity index is 987. The molecule has 0 spiro atoms. The second kappa shape index (κ2) is 5.48. The number of benzene rings is 2.